The Labute approximate surface area is 160 Å². The van der Waals surface area contributed by atoms with E-state index in [4.69, 9.17) is 4.98 Å². The zero-order chi connectivity index (χ0) is 19.3. The summed E-state index contributed by atoms with van der Waals surface area (Å²) >= 11 is 1.42. The number of amides is 1. The summed E-state index contributed by atoms with van der Waals surface area (Å²) in [6, 6.07) is 1.95. The Balaban J connectivity index is 1.91. The highest BCUT2D eigenvalue weighted by Crippen LogP contribution is 2.33. The Morgan fingerprint density at radius 3 is 2.59 bits per heavy atom. The van der Waals surface area contributed by atoms with Gasteiger partial charge in [-0.15, -0.1) is 16.4 Å². The molecule has 0 saturated carbocycles. The van der Waals surface area contributed by atoms with Crippen LogP contribution in [0.15, 0.2) is 12.4 Å². The Hall–Kier alpha value is -2.81. The average molecular weight is 383 g/mol. The van der Waals surface area contributed by atoms with E-state index >= 15 is 0 Å². The van der Waals surface area contributed by atoms with Gasteiger partial charge in [-0.3, -0.25) is 9.48 Å². The van der Waals surface area contributed by atoms with E-state index in [1.165, 1.54) is 11.3 Å². The van der Waals surface area contributed by atoms with Crippen molar-refractivity contribution < 1.29 is 4.79 Å². The SMILES string of the molecule is CCN(CC)C(=O)c1sc2ncn3nc(-c4cc(C)nn4C)nc3c2c1C. The number of carbonyl (C=O) groups excluding carboxylic acids is 1. The second-order valence-electron chi connectivity index (χ2n) is 6.46. The zero-order valence-electron chi connectivity index (χ0n) is 16.0. The maximum Gasteiger partial charge on any atom is 0.264 e. The van der Waals surface area contributed by atoms with E-state index in [1.54, 1.807) is 15.5 Å². The molecule has 0 radical (unpaired) electrons. The van der Waals surface area contributed by atoms with Crippen molar-refractivity contribution in [3.8, 4) is 11.5 Å². The van der Waals surface area contributed by atoms with Crippen molar-refractivity contribution in [3.63, 3.8) is 0 Å². The van der Waals surface area contributed by atoms with Gasteiger partial charge in [0.05, 0.1) is 16.0 Å². The molecule has 4 heterocycles. The minimum absolute atomic E-state index is 0.0423. The summed E-state index contributed by atoms with van der Waals surface area (Å²) < 4.78 is 3.44. The lowest BCUT2D eigenvalue weighted by Crippen LogP contribution is -2.30. The highest BCUT2D eigenvalue weighted by molar-refractivity contribution is 7.20. The van der Waals surface area contributed by atoms with Gasteiger partial charge in [-0.05, 0) is 39.3 Å². The molecule has 9 heteroatoms. The lowest BCUT2D eigenvalue weighted by atomic mass is 10.2. The normalized spacial score (nSPS) is 11.6. The summed E-state index contributed by atoms with van der Waals surface area (Å²) in [5.74, 6) is 0.635. The second kappa shape index (κ2) is 6.41. The Kier molecular flexibility index (Phi) is 4.18. The van der Waals surface area contributed by atoms with Crippen LogP contribution in [0.1, 0.15) is 34.8 Å². The molecule has 4 aromatic heterocycles. The van der Waals surface area contributed by atoms with E-state index in [0.717, 1.165) is 32.0 Å². The molecule has 0 unspecified atom stereocenters. The second-order valence-corrected chi connectivity index (χ2v) is 7.46. The highest BCUT2D eigenvalue weighted by Gasteiger charge is 2.23. The molecular formula is C18H21N7OS. The predicted octanol–water partition coefficient (Wildman–Crippen LogP) is 2.84. The lowest BCUT2D eigenvalue weighted by molar-refractivity contribution is 0.0777. The third-order valence-corrected chi connectivity index (χ3v) is 5.93. The van der Waals surface area contributed by atoms with Crippen LogP contribution in [0.2, 0.25) is 0 Å². The smallest absolute Gasteiger partial charge is 0.264 e. The topological polar surface area (TPSA) is 81.2 Å². The van der Waals surface area contributed by atoms with Crippen LogP contribution in [0.5, 0.6) is 0 Å². The molecule has 4 aromatic rings. The number of hydrogen-bond donors (Lipinski definition) is 0. The van der Waals surface area contributed by atoms with Crippen molar-refractivity contribution in [2.45, 2.75) is 27.7 Å². The number of nitrogens with zero attached hydrogens (tertiary/aromatic N) is 7. The highest BCUT2D eigenvalue weighted by atomic mass is 32.1. The van der Waals surface area contributed by atoms with Crippen molar-refractivity contribution in [1.82, 2.24) is 34.3 Å². The van der Waals surface area contributed by atoms with Gasteiger partial charge in [-0.2, -0.15) is 5.10 Å². The fraction of sp³-hybridized carbons (Fsp3) is 0.389. The lowest BCUT2D eigenvalue weighted by Gasteiger charge is -2.17. The van der Waals surface area contributed by atoms with Crippen LogP contribution in [0, 0.1) is 13.8 Å². The first-order chi connectivity index (χ1) is 12.9. The number of carbonyl (C=O) groups is 1. The van der Waals surface area contributed by atoms with Crippen molar-refractivity contribution in [2.24, 2.45) is 7.05 Å². The van der Waals surface area contributed by atoms with E-state index in [1.807, 2.05) is 45.7 Å². The number of aromatic nitrogens is 6. The van der Waals surface area contributed by atoms with Gasteiger partial charge in [0, 0.05) is 20.1 Å². The third-order valence-electron chi connectivity index (χ3n) is 4.74. The molecule has 0 aliphatic rings. The van der Waals surface area contributed by atoms with Crippen LogP contribution >= 0.6 is 11.3 Å². The van der Waals surface area contributed by atoms with Crippen molar-refractivity contribution in [2.75, 3.05) is 13.1 Å². The zero-order valence-corrected chi connectivity index (χ0v) is 16.8. The maximum atomic E-state index is 12.9. The largest absolute Gasteiger partial charge is 0.338 e. The standard InChI is InChI=1S/C18H21N7OS/c1-6-24(7-2)18(26)14-11(4)13-16-20-15(12-8-10(3)21-23(12)5)22-25(16)9-19-17(13)27-14/h8-9H,6-7H2,1-5H3. The fourth-order valence-corrected chi connectivity index (χ4v) is 4.43. The van der Waals surface area contributed by atoms with E-state index in [2.05, 4.69) is 15.2 Å². The van der Waals surface area contributed by atoms with Crippen LogP contribution in [0.3, 0.4) is 0 Å². The summed E-state index contributed by atoms with van der Waals surface area (Å²) in [5, 5.41) is 9.81. The number of fused-ring (bicyclic) bond motifs is 3. The van der Waals surface area contributed by atoms with Gasteiger partial charge in [0.2, 0.25) is 0 Å². The summed E-state index contributed by atoms with van der Waals surface area (Å²) in [4.78, 5) is 25.4. The average Bonchev–Trinajstić information content (AvgIpc) is 3.30. The van der Waals surface area contributed by atoms with Crippen LogP contribution in [0.4, 0.5) is 0 Å². The molecule has 0 N–H and O–H groups in total. The quantitative estimate of drug-likeness (QED) is 0.541. The van der Waals surface area contributed by atoms with Gasteiger partial charge in [0.25, 0.3) is 5.91 Å². The Morgan fingerprint density at radius 2 is 1.96 bits per heavy atom. The molecule has 0 aromatic carbocycles. The summed E-state index contributed by atoms with van der Waals surface area (Å²) in [7, 11) is 1.87. The molecule has 0 saturated heterocycles. The Morgan fingerprint density at radius 1 is 1.22 bits per heavy atom. The molecule has 8 nitrogen and oxygen atoms in total. The van der Waals surface area contributed by atoms with Gasteiger partial charge < -0.3 is 4.90 Å². The van der Waals surface area contributed by atoms with Gasteiger partial charge in [0.1, 0.15) is 16.9 Å². The van der Waals surface area contributed by atoms with Gasteiger partial charge >= 0.3 is 0 Å². The fourth-order valence-electron chi connectivity index (χ4n) is 3.32. The molecular weight excluding hydrogens is 362 g/mol. The minimum atomic E-state index is 0.0423. The van der Waals surface area contributed by atoms with Gasteiger partial charge in [-0.1, -0.05) is 0 Å². The molecule has 0 atom stereocenters. The van der Waals surface area contributed by atoms with Crippen LogP contribution < -0.4 is 0 Å². The molecule has 4 rings (SSSR count). The molecule has 0 bridgehead atoms. The van der Waals surface area contributed by atoms with E-state index < -0.39 is 0 Å². The van der Waals surface area contributed by atoms with E-state index in [0.29, 0.717) is 24.6 Å². The van der Waals surface area contributed by atoms with Crippen molar-refractivity contribution in [3.05, 3.63) is 28.5 Å². The Bertz CT molecular complexity index is 1170. The van der Waals surface area contributed by atoms with Gasteiger partial charge in [0.15, 0.2) is 11.5 Å². The van der Waals surface area contributed by atoms with Gasteiger partial charge in [-0.25, -0.2) is 14.5 Å². The molecule has 0 spiro atoms. The van der Waals surface area contributed by atoms with Crippen molar-refractivity contribution >= 4 is 33.1 Å². The molecule has 1 amide bonds. The van der Waals surface area contributed by atoms with Crippen LogP contribution in [-0.4, -0.2) is 53.3 Å². The third kappa shape index (κ3) is 2.69. The monoisotopic (exact) mass is 383 g/mol. The first-order valence-corrected chi connectivity index (χ1v) is 9.71. The molecule has 0 aliphatic heterocycles. The molecule has 0 fully saturated rings. The number of rotatable bonds is 4. The summed E-state index contributed by atoms with van der Waals surface area (Å²) in [5.41, 5.74) is 3.37. The number of aryl methyl sites for hydroxylation is 3. The van der Waals surface area contributed by atoms with E-state index in [9.17, 15) is 4.79 Å². The van der Waals surface area contributed by atoms with E-state index in [-0.39, 0.29) is 5.91 Å². The van der Waals surface area contributed by atoms with Crippen molar-refractivity contribution in [1.29, 1.82) is 0 Å². The summed E-state index contributed by atoms with van der Waals surface area (Å²) in [6.07, 6.45) is 1.65. The first-order valence-electron chi connectivity index (χ1n) is 8.89. The molecule has 140 valence electrons. The maximum absolute atomic E-state index is 12.9. The number of hydrogen-bond acceptors (Lipinski definition) is 6. The van der Waals surface area contributed by atoms with Crippen LogP contribution in [-0.2, 0) is 7.05 Å². The molecule has 27 heavy (non-hydrogen) atoms. The molecule has 0 aliphatic carbocycles. The number of thiophene rings is 1. The predicted molar refractivity (Wildman–Crippen MR) is 105 cm³/mol. The minimum Gasteiger partial charge on any atom is -0.338 e. The van der Waals surface area contributed by atoms with Crippen LogP contribution in [0.25, 0.3) is 27.4 Å². The first kappa shape index (κ1) is 17.6. The summed E-state index contributed by atoms with van der Waals surface area (Å²) in [6.45, 7) is 9.23.